The molecule has 1 N–H and O–H groups in total. The van der Waals surface area contributed by atoms with Crippen LogP contribution in [0.5, 0.6) is 0 Å². The van der Waals surface area contributed by atoms with Crippen LogP contribution < -0.4 is 10.2 Å². The van der Waals surface area contributed by atoms with Crippen LogP contribution in [-0.4, -0.2) is 19.0 Å². The molecular weight excluding hydrogens is 359 g/mol. The van der Waals surface area contributed by atoms with Gasteiger partial charge < -0.3 is 10.2 Å². The van der Waals surface area contributed by atoms with Gasteiger partial charge in [0.1, 0.15) is 5.82 Å². The van der Waals surface area contributed by atoms with Crippen LogP contribution in [-0.2, 0) is 0 Å². The van der Waals surface area contributed by atoms with Crippen molar-refractivity contribution in [2.24, 2.45) is 5.92 Å². The molecule has 0 aliphatic carbocycles. The van der Waals surface area contributed by atoms with Crippen LogP contribution in [0, 0.1) is 11.7 Å². The van der Waals surface area contributed by atoms with E-state index >= 15 is 0 Å². The molecule has 0 bridgehead atoms. The lowest BCUT2D eigenvalue weighted by Crippen LogP contribution is -2.19. The van der Waals surface area contributed by atoms with Gasteiger partial charge in [0, 0.05) is 28.9 Å². The Labute approximate surface area is 143 Å². The summed E-state index contributed by atoms with van der Waals surface area (Å²) in [5, 5.41) is 2.73. The van der Waals surface area contributed by atoms with E-state index in [4.69, 9.17) is 0 Å². The summed E-state index contributed by atoms with van der Waals surface area (Å²) in [6, 6.07) is 12.0. The molecule has 0 saturated carbocycles. The van der Waals surface area contributed by atoms with Gasteiger partial charge in [-0.05, 0) is 54.8 Å². The Morgan fingerprint density at radius 1 is 1.26 bits per heavy atom. The molecule has 1 heterocycles. The van der Waals surface area contributed by atoms with E-state index in [1.54, 1.807) is 6.07 Å². The molecule has 5 heteroatoms. The van der Waals surface area contributed by atoms with Gasteiger partial charge in [-0.25, -0.2) is 4.39 Å². The minimum absolute atomic E-state index is 0.0248. The van der Waals surface area contributed by atoms with Crippen molar-refractivity contribution in [2.45, 2.75) is 13.3 Å². The lowest BCUT2D eigenvalue weighted by molar-refractivity contribution is 0.102. The van der Waals surface area contributed by atoms with Crippen molar-refractivity contribution in [3.05, 3.63) is 58.3 Å². The number of benzene rings is 2. The number of halogens is 2. The summed E-state index contributed by atoms with van der Waals surface area (Å²) in [6.45, 7) is 4.38. The standard InChI is InChI=1S/C18H18BrFN2O/c1-12-8-9-22(11-12)15-5-3-14(4-6-15)21-18(23)16-10-13(19)2-7-17(16)20/h2-7,10,12H,8-9,11H2,1H3,(H,21,23). The zero-order chi connectivity index (χ0) is 16.4. The number of amides is 1. The van der Waals surface area contributed by atoms with Gasteiger partial charge in [0.05, 0.1) is 5.56 Å². The first-order valence-corrected chi connectivity index (χ1v) is 8.43. The number of nitrogens with zero attached hydrogens (tertiary/aromatic N) is 1. The second-order valence-corrected chi connectivity index (χ2v) is 6.88. The largest absolute Gasteiger partial charge is 0.371 e. The third-order valence-corrected chi connectivity index (χ3v) is 4.58. The Bertz CT molecular complexity index is 717. The van der Waals surface area contributed by atoms with Crippen molar-refractivity contribution in [2.75, 3.05) is 23.3 Å². The van der Waals surface area contributed by atoms with Crippen molar-refractivity contribution in [1.29, 1.82) is 0 Å². The second kappa shape index (κ2) is 6.71. The summed E-state index contributed by atoms with van der Waals surface area (Å²) < 4.78 is 14.4. The molecule has 1 aliphatic heterocycles. The van der Waals surface area contributed by atoms with Gasteiger partial charge in [0.15, 0.2) is 0 Å². The maximum absolute atomic E-state index is 13.7. The van der Waals surface area contributed by atoms with Gasteiger partial charge in [0.2, 0.25) is 0 Å². The molecule has 3 nitrogen and oxygen atoms in total. The van der Waals surface area contributed by atoms with Crippen molar-refractivity contribution in [1.82, 2.24) is 0 Å². The van der Waals surface area contributed by atoms with Crippen LogP contribution in [0.1, 0.15) is 23.7 Å². The monoisotopic (exact) mass is 376 g/mol. The average Bonchev–Trinajstić information content (AvgIpc) is 2.97. The Hall–Kier alpha value is -1.88. The number of carbonyl (C=O) groups is 1. The van der Waals surface area contributed by atoms with E-state index in [-0.39, 0.29) is 5.56 Å². The van der Waals surface area contributed by atoms with Crippen molar-refractivity contribution in [3.63, 3.8) is 0 Å². The number of anilines is 2. The molecule has 23 heavy (non-hydrogen) atoms. The predicted octanol–water partition coefficient (Wildman–Crippen LogP) is 4.69. The fourth-order valence-corrected chi connectivity index (χ4v) is 3.16. The lowest BCUT2D eigenvalue weighted by atomic mass is 10.2. The Balaban J connectivity index is 1.70. The summed E-state index contributed by atoms with van der Waals surface area (Å²) in [5.74, 6) is -0.270. The van der Waals surface area contributed by atoms with Crippen molar-refractivity contribution < 1.29 is 9.18 Å². The maximum Gasteiger partial charge on any atom is 0.258 e. The molecule has 2 aromatic rings. The predicted molar refractivity (Wildman–Crippen MR) is 94.5 cm³/mol. The Kier molecular flexibility index (Phi) is 4.66. The Morgan fingerprint density at radius 3 is 2.65 bits per heavy atom. The molecule has 1 atom stereocenters. The first-order chi connectivity index (χ1) is 11.0. The van der Waals surface area contributed by atoms with Crippen LogP contribution in [0.25, 0.3) is 0 Å². The fraction of sp³-hybridized carbons (Fsp3) is 0.278. The summed E-state index contributed by atoms with van der Waals surface area (Å²) in [7, 11) is 0. The normalized spacial score (nSPS) is 17.3. The summed E-state index contributed by atoms with van der Waals surface area (Å²) in [6.07, 6.45) is 1.21. The van der Waals surface area contributed by atoms with E-state index in [9.17, 15) is 9.18 Å². The highest BCUT2D eigenvalue weighted by Crippen LogP contribution is 2.25. The molecule has 1 saturated heterocycles. The van der Waals surface area contributed by atoms with Crippen LogP contribution in [0.3, 0.4) is 0 Å². The van der Waals surface area contributed by atoms with Gasteiger partial charge in [-0.2, -0.15) is 0 Å². The first-order valence-electron chi connectivity index (χ1n) is 7.64. The fourth-order valence-electron chi connectivity index (χ4n) is 2.80. The van der Waals surface area contributed by atoms with E-state index < -0.39 is 11.7 Å². The highest BCUT2D eigenvalue weighted by Gasteiger charge is 2.19. The van der Waals surface area contributed by atoms with Crippen molar-refractivity contribution >= 4 is 33.2 Å². The minimum atomic E-state index is -0.534. The molecule has 2 aromatic carbocycles. The summed E-state index contributed by atoms with van der Waals surface area (Å²) in [5.41, 5.74) is 1.84. The van der Waals surface area contributed by atoms with Gasteiger partial charge >= 0.3 is 0 Å². The van der Waals surface area contributed by atoms with Crippen LogP contribution in [0.15, 0.2) is 46.9 Å². The molecule has 0 radical (unpaired) electrons. The smallest absolute Gasteiger partial charge is 0.258 e. The lowest BCUT2D eigenvalue weighted by Gasteiger charge is -2.18. The molecule has 120 valence electrons. The van der Waals surface area contributed by atoms with Gasteiger partial charge in [-0.3, -0.25) is 4.79 Å². The summed E-state index contributed by atoms with van der Waals surface area (Å²) >= 11 is 3.25. The molecular formula is C18H18BrFN2O. The van der Waals surface area contributed by atoms with Crippen LogP contribution in [0.2, 0.25) is 0 Å². The number of nitrogens with one attached hydrogen (secondary N) is 1. The van der Waals surface area contributed by atoms with Crippen molar-refractivity contribution in [3.8, 4) is 0 Å². The quantitative estimate of drug-likeness (QED) is 0.842. The molecule has 1 unspecified atom stereocenters. The third kappa shape index (κ3) is 3.72. The average molecular weight is 377 g/mol. The van der Waals surface area contributed by atoms with Crippen LogP contribution >= 0.6 is 15.9 Å². The number of rotatable bonds is 3. The zero-order valence-corrected chi connectivity index (χ0v) is 14.4. The molecule has 1 aliphatic rings. The topological polar surface area (TPSA) is 32.3 Å². The van der Waals surface area contributed by atoms with Gasteiger partial charge in [-0.1, -0.05) is 22.9 Å². The highest BCUT2D eigenvalue weighted by atomic mass is 79.9. The highest BCUT2D eigenvalue weighted by molar-refractivity contribution is 9.10. The van der Waals surface area contributed by atoms with E-state index in [0.717, 1.165) is 18.8 Å². The Morgan fingerprint density at radius 2 is 2.00 bits per heavy atom. The summed E-state index contributed by atoms with van der Waals surface area (Å²) in [4.78, 5) is 14.5. The molecule has 1 fully saturated rings. The van der Waals surface area contributed by atoms with Crippen LogP contribution in [0.4, 0.5) is 15.8 Å². The SMILES string of the molecule is CC1CCN(c2ccc(NC(=O)c3cc(Br)ccc3F)cc2)C1. The maximum atomic E-state index is 13.7. The number of hydrogen-bond acceptors (Lipinski definition) is 2. The molecule has 0 spiro atoms. The minimum Gasteiger partial charge on any atom is -0.371 e. The van der Waals surface area contributed by atoms with E-state index in [1.165, 1.54) is 18.6 Å². The molecule has 0 aromatic heterocycles. The molecule has 3 rings (SSSR count). The number of carbonyl (C=O) groups excluding carboxylic acids is 1. The van der Waals surface area contributed by atoms with Gasteiger partial charge in [-0.15, -0.1) is 0 Å². The number of hydrogen-bond donors (Lipinski definition) is 1. The zero-order valence-electron chi connectivity index (χ0n) is 12.9. The van der Waals surface area contributed by atoms with E-state index in [1.807, 2.05) is 24.3 Å². The van der Waals surface area contributed by atoms with E-state index in [0.29, 0.717) is 16.1 Å². The van der Waals surface area contributed by atoms with Gasteiger partial charge in [0.25, 0.3) is 5.91 Å². The first kappa shape index (κ1) is 16.0. The second-order valence-electron chi connectivity index (χ2n) is 5.97. The third-order valence-electron chi connectivity index (χ3n) is 4.09. The molecule has 1 amide bonds. The van der Waals surface area contributed by atoms with E-state index in [2.05, 4.69) is 33.1 Å².